The Kier molecular flexibility index (Phi) is 2.93. The normalized spacial score (nSPS) is 21.8. The van der Waals surface area contributed by atoms with Crippen LogP contribution in [0.1, 0.15) is 13.3 Å². The molecule has 2 N–H and O–H groups in total. The fraction of sp³-hybridized carbons (Fsp3) is 0.250. The van der Waals surface area contributed by atoms with E-state index in [1.165, 1.54) is 0 Å². The lowest BCUT2D eigenvalue weighted by molar-refractivity contribution is -0.126. The van der Waals surface area contributed by atoms with Crippen LogP contribution < -0.4 is 10.6 Å². The van der Waals surface area contributed by atoms with Crippen molar-refractivity contribution in [3.63, 3.8) is 0 Å². The predicted molar refractivity (Wildman–Crippen MR) is 78.3 cm³/mol. The molecule has 1 heterocycles. The first-order valence-electron chi connectivity index (χ1n) is 6.64. The van der Waals surface area contributed by atoms with E-state index in [-0.39, 0.29) is 18.2 Å². The molecule has 0 aliphatic carbocycles. The van der Waals surface area contributed by atoms with Crippen LogP contribution in [0.5, 0.6) is 0 Å². The lowest BCUT2D eigenvalue weighted by atomic mass is 9.88. The van der Waals surface area contributed by atoms with Gasteiger partial charge in [0.2, 0.25) is 11.8 Å². The van der Waals surface area contributed by atoms with Crippen LogP contribution >= 0.6 is 0 Å². The van der Waals surface area contributed by atoms with Crippen molar-refractivity contribution in [2.45, 2.75) is 13.3 Å². The summed E-state index contributed by atoms with van der Waals surface area (Å²) in [6, 6.07) is 13.8. The lowest BCUT2D eigenvalue weighted by Crippen LogP contribution is -2.35. The van der Waals surface area contributed by atoms with Gasteiger partial charge in [0.1, 0.15) is 0 Å². The summed E-state index contributed by atoms with van der Waals surface area (Å²) in [5.41, 5.74) is 0.0946. The van der Waals surface area contributed by atoms with E-state index in [0.29, 0.717) is 6.54 Å². The van der Waals surface area contributed by atoms with E-state index in [1.807, 2.05) is 42.5 Å². The summed E-state index contributed by atoms with van der Waals surface area (Å²) >= 11 is 0. The van der Waals surface area contributed by atoms with Crippen LogP contribution in [0.25, 0.3) is 10.8 Å². The Bertz CT molecular complexity index is 696. The number of benzene rings is 2. The van der Waals surface area contributed by atoms with E-state index < -0.39 is 5.41 Å². The zero-order valence-corrected chi connectivity index (χ0v) is 11.3. The van der Waals surface area contributed by atoms with E-state index in [0.717, 1.165) is 16.5 Å². The second-order valence-electron chi connectivity index (χ2n) is 5.53. The van der Waals surface area contributed by atoms with Crippen molar-refractivity contribution in [2.24, 2.45) is 5.41 Å². The highest BCUT2D eigenvalue weighted by atomic mass is 16.2. The minimum atomic E-state index is -0.664. The minimum absolute atomic E-state index is 0.0684. The van der Waals surface area contributed by atoms with Gasteiger partial charge in [0.05, 0.1) is 5.41 Å². The molecule has 1 unspecified atom stereocenters. The molecule has 1 atom stereocenters. The molecular formula is C16H16N2O2. The maximum atomic E-state index is 12.3. The Labute approximate surface area is 117 Å². The standard InChI is InChI=1S/C16H16N2O2/c1-16(9-14(19)17-10-16)15(20)18-13-7-6-11-4-2-3-5-12(11)8-13/h2-8H,9-10H2,1H3,(H,17,19)(H,18,20). The molecule has 1 saturated heterocycles. The van der Waals surface area contributed by atoms with E-state index in [2.05, 4.69) is 10.6 Å². The third-order valence-corrected chi connectivity index (χ3v) is 3.78. The molecule has 2 amide bonds. The van der Waals surface area contributed by atoms with Gasteiger partial charge in [-0.05, 0) is 29.8 Å². The lowest BCUT2D eigenvalue weighted by Gasteiger charge is -2.20. The fourth-order valence-corrected chi connectivity index (χ4v) is 2.48. The summed E-state index contributed by atoms with van der Waals surface area (Å²) in [5, 5.41) is 7.83. The van der Waals surface area contributed by atoms with Crippen LogP contribution in [0.4, 0.5) is 5.69 Å². The number of anilines is 1. The maximum Gasteiger partial charge on any atom is 0.232 e. The highest BCUT2D eigenvalue weighted by Gasteiger charge is 2.40. The highest BCUT2D eigenvalue weighted by molar-refractivity contribution is 6.01. The van der Waals surface area contributed by atoms with Gasteiger partial charge in [-0.2, -0.15) is 0 Å². The van der Waals surface area contributed by atoms with Gasteiger partial charge in [0, 0.05) is 18.7 Å². The van der Waals surface area contributed by atoms with Crippen LogP contribution in [-0.4, -0.2) is 18.4 Å². The van der Waals surface area contributed by atoms with Crippen molar-refractivity contribution in [1.29, 1.82) is 0 Å². The average molecular weight is 268 g/mol. The summed E-state index contributed by atoms with van der Waals surface area (Å²) in [7, 11) is 0. The summed E-state index contributed by atoms with van der Waals surface area (Å²) in [4.78, 5) is 23.6. The molecule has 0 spiro atoms. The zero-order chi connectivity index (χ0) is 14.2. The molecule has 1 aliphatic rings. The largest absolute Gasteiger partial charge is 0.355 e. The van der Waals surface area contributed by atoms with Crippen LogP contribution in [0.3, 0.4) is 0 Å². The number of carbonyl (C=O) groups is 2. The third kappa shape index (κ3) is 2.25. The van der Waals surface area contributed by atoms with Crippen molar-refractivity contribution >= 4 is 28.3 Å². The van der Waals surface area contributed by atoms with Gasteiger partial charge in [-0.25, -0.2) is 0 Å². The first kappa shape index (κ1) is 12.7. The Hall–Kier alpha value is -2.36. The van der Waals surface area contributed by atoms with Gasteiger partial charge >= 0.3 is 0 Å². The van der Waals surface area contributed by atoms with Crippen molar-refractivity contribution in [3.8, 4) is 0 Å². The van der Waals surface area contributed by atoms with Crippen molar-refractivity contribution < 1.29 is 9.59 Å². The van der Waals surface area contributed by atoms with Gasteiger partial charge in [-0.3, -0.25) is 9.59 Å². The molecule has 3 rings (SSSR count). The number of amides is 2. The van der Waals surface area contributed by atoms with Gasteiger partial charge in [-0.1, -0.05) is 30.3 Å². The number of hydrogen-bond acceptors (Lipinski definition) is 2. The molecule has 0 aromatic heterocycles. The predicted octanol–water partition coefficient (Wildman–Crippen LogP) is 2.30. The molecule has 4 heteroatoms. The number of hydrogen-bond donors (Lipinski definition) is 2. The number of carbonyl (C=O) groups excluding carboxylic acids is 2. The minimum Gasteiger partial charge on any atom is -0.355 e. The van der Waals surface area contributed by atoms with E-state index in [9.17, 15) is 9.59 Å². The Morgan fingerprint density at radius 3 is 2.65 bits per heavy atom. The third-order valence-electron chi connectivity index (χ3n) is 3.78. The molecule has 0 radical (unpaired) electrons. The molecule has 2 aromatic carbocycles. The molecule has 1 fully saturated rings. The quantitative estimate of drug-likeness (QED) is 0.878. The fourth-order valence-electron chi connectivity index (χ4n) is 2.48. The second kappa shape index (κ2) is 4.63. The van der Waals surface area contributed by atoms with Gasteiger partial charge in [0.15, 0.2) is 0 Å². The molecular weight excluding hydrogens is 252 g/mol. The SMILES string of the molecule is CC1(C(=O)Nc2ccc3ccccc3c2)CNC(=O)C1. The first-order valence-corrected chi connectivity index (χ1v) is 6.64. The molecule has 20 heavy (non-hydrogen) atoms. The van der Waals surface area contributed by atoms with Gasteiger partial charge in [-0.15, -0.1) is 0 Å². The highest BCUT2D eigenvalue weighted by Crippen LogP contribution is 2.28. The molecule has 1 aliphatic heterocycles. The summed E-state index contributed by atoms with van der Waals surface area (Å²) in [6.45, 7) is 2.20. The number of rotatable bonds is 2. The molecule has 0 saturated carbocycles. The van der Waals surface area contributed by atoms with Crippen LogP contribution in [0.2, 0.25) is 0 Å². The van der Waals surface area contributed by atoms with Gasteiger partial charge < -0.3 is 10.6 Å². The topological polar surface area (TPSA) is 58.2 Å². The summed E-state index contributed by atoms with van der Waals surface area (Å²) < 4.78 is 0. The zero-order valence-electron chi connectivity index (χ0n) is 11.3. The van der Waals surface area contributed by atoms with Crippen molar-refractivity contribution in [1.82, 2.24) is 5.32 Å². The molecule has 102 valence electrons. The first-order chi connectivity index (χ1) is 9.57. The Balaban J connectivity index is 1.82. The Morgan fingerprint density at radius 1 is 1.20 bits per heavy atom. The number of nitrogens with one attached hydrogen (secondary N) is 2. The molecule has 0 bridgehead atoms. The van der Waals surface area contributed by atoms with Crippen molar-refractivity contribution in [2.75, 3.05) is 11.9 Å². The van der Waals surface area contributed by atoms with Gasteiger partial charge in [0.25, 0.3) is 0 Å². The second-order valence-corrected chi connectivity index (χ2v) is 5.53. The van der Waals surface area contributed by atoms with E-state index >= 15 is 0 Å². The Morgan fingerprint density at radius 2 is 1.95 bits per heavy atom. The molecule has 4 nitrogen and oxygen atoms in total. The monoisotopic (exact) mass is 268 g/mol. The van der Waals surface area contributed by atoms with Crippen LogP contribution in [0.15, 0.2) is 42.5 Å². The van der Waals surface area contributed by atoms with E-state index in [1.54, 1.807) is 6.92 Å². The van der Waals surface area contributed by atoms with Crippen molar-refractivity contribution in [3.05, 3.63) is 42.5 Å². The van der Waals surface area contributed by atoms with Crippen LogP contribution in [0, 0.1) is 5.41 Å². The summed E-state index contributed by atoms with van der Waals surface area (Å²) in [6.07, 6.45) is 0.242. The summed E-state index contributed by atoms with van der Waals surface area (Å²) in [5.74, 6) is -0.188. The smallest absolute Gasteiger partial charge is 0.232 e. The van der Waals surface area contributed by atoms with Crippen LogP contribution in [-0.2, 0) is 9.59 Å². The molecule has 2 aromatic rings. The average Bonchev–Trinajstić information content (AvgIpc) is 2.80. The number of fused-ring (bicyclic) bond motifs is 1. The maximum absolute atomic E-state index is 12.3. The van der Waals surface area contributed by atoms with E-state index in [4.69, 9.17) is 0 Å².